The van der Waals surface area contributed by atoms with Crippen molar-refractivity contribution in [3.8, 4) is 0 Å². The second kappa shape index (κ2) is 5.76. The molecular weight excluding hydrogens is 212 g/mol. The molecule has 0 amide bonds. The first-order valence-electron chi connectivity index (χ1n) is 5.71. The van der Waals surface area contributed by atoms with Crippen molar-refractivity contribution in [2.24, 2.45) is 0 Å². The van der Waals surface area contributed by atoms with Crippen molar-refractivity contribution in [3.05, 3.63) is 60.2 Å². The molecule has 0 aliphatic rings. The van der Waals surface area contributed by atoms with Crippen molar-refractivity contribution >= 4 is 11.8 Å². The van der Waals surface area contributed by atoms with Crippen LogP contribution in [0.2, 0.25) is 0 Å². The third kappa shape index (κ3) is 2.89. The molecule has 0 heterocycles. The SMILES string of the molecule is CCCc1ccccc1Sc1ccccc1. The van der Waals surface area contributed by atoms with Gasteiger partial charge in [0, 0.05) is 9.79 Å². The van der Waals surface area contributed by atoms with Crippen molar-refractivity contribution < 1.29 is 0 Å². The third-order valence-corrected chi connectivity index (χ3v) is 3.59. The summed E-state index contributed by atoms with van der Waals surface area (Å²) in [5, 5.41) is 0. The van der Waals surface area contributed by atoms with Gasteiger partial charge >= 0.3 is 0 Å². The largest absolute Gasteiger partial charge is 0.0898 e. The molecular formula is C15H16S. The Morgan fingerprint density at radius 2 is 1.56 bits per heavy atom. The first-order chi connectivity index (χ1) is 7.90. The Hall–Kier alpha value is -1.21. The van der Waals surface area contributed by atoms with E-state index >= 15 is 0 Å². The lowest BCUT2D eigenvalue weighted by atomic mass is 10.1. The number of hydrogen-bond acceptors (Lipinski definition) is 1. The molecule has 0 aromatic heterocycles. The van der Waals surface area contributed by atoms with Crippen molar-refractivity contribution in [1.82, 2.24) is 0 Å². The Kier molecular flexibility index (Phi) is 4.06. The second-order valence-corrected chi connectivity index (χ2v) is 4.89. The predicted octanol–water partition coefficient (Wildman–Crippen LogP) is 4.79. The minimum atomic E-state index is 1.16. The molecule has 0 atom stereocenters. The minimum absolute atomic E-state index is 1.16. The van der Waals surface area contributed by atoms with Gasteiger partial charge in [-0.3, -0.25) is 0 Å². The zero-order chi connectivity index (χ0) is 11.2. The molecule has 2 aromatic carbocycles. The first-order valence-corrected chi connectivity index (χ1v) is 6.52. The molecule has 16 heavy (non-hydrogen) atoms. The summed E-state index contributed by atoms with van der Waals surface area (Å²) >= 11 is 1.85. The maximum Gasteiger partial charge on any atom is 0.0154 e. The Morgan fingerprint density at radius 3 is 2.31 bits per heavy atom. The monoisotopic (exact) mass is 228 g/mol. The Bertz CT molecular complexity index is 434. The van der Waals surface area contributed by atoms with E-state index in [2.05, 4.69) is 61.5 Å². The van der Waals surface area contributed by atoms with Gasteiger partial charge in [0.15, 0.2) is 0 Å². The fourth-order valence-electron chi connectivity index (χ4n) is 1.69. The molecule has 0 aliphatic carbocycles. The van der Waals surface area contributed by atoms with E-state index in [1.54, 1.807) is 0 Å². The molecule has 2 aromatic rings. The van der Waals surface area contributed by atoms with Crippen LogP contribution in [0.25, 0.3) is 0 Å². The lowest BCUT2D eigenvalue weighted by molar-refractivity contribution is 0.901. The molecule has 0 N–H and O–H groups in total. The van der Waals surface area contributed by atoms with Crippen molar-refractivity contribution in [2.45, 2.75) is 29.6 Å². The number of hydrogen-bond donors (Lipinski definition) is 0. The first kappa shape index (κ1) is 11.3. The third-order valence-electron chi connectivity index (χ3n) is 2.46. The van der Waals surface area contributed by atoms with Crippen LogP contribution in [0, 0.1) is 0 Å². The molecule has 0 bridgehead atoms. The average molecular weight is 228 g/mol. The van der Waals surface area contributed by atoms with E-state index in [0.717, 1.165) is 6.42 Å². The van der Waals surface area contributed by atoms with Gasteiger partial charge in [-0.25, -0.2) is 0 Å². The molecule has 0 spiro atoms. The van der Waals surface area contributed by atoms with Crippen molar-refractivity contribution in [2.75, 3.05) is 0 Å². The molecule has 0 aliphatic heterocycles. The zero-order valence-corrected chi connectivity index (χ0v) is 10.3. The zero-order valence-electron chi connectivity index (χ0n) is 9.52. The second-order valence-electron chi connectivity index (χ2n) is 3.77. The van der Waals surface area contributed by atoms with E-state index in [9.17, 15) is 0 Å². The van der Waals surface area contributed by atoms with Crippen molar-refractivity contribution in [1.29, 1.82) is 0 Å². The summed E-state index contributed by atoms with van der Waals surface area (Å²) in [4.78, 5) is 2.70. The van der Waals surface area contributed by atoms with Gasteiger partial charge in [-0.15, -0.1) is 0 Å². The van der Waals surface area contributed by atoms with Gasteiger partial charge in [-0.2, -0.15) is 0 Å². The van der Waals surface area contributed by atoms with E-state index in [4.69, 9.17) is 0 Å². The number of aryl methyl sites for hydroxylation is 1. The van der Waals surface area contributed by atoms with E-state index in [0.29, 0.717) is 0 Å². The summed E-state index contributed by atoms with van der Waals surface area (Å²) < 4.78 is 0. The van der Waals surface area contributed by atoms with E-state index < -0.39 is 0 Å². The fraction of sp³-hybridized carbons (Fsp3) is 0.200. The predicted molar refractivity (Wildman–Crippen MR) is 71.0 cm³/mol. The van der Waals surface area contributed by atoms with E-state index in [1.807, 2.05) is 11.8 Å². The molecule has 0 saturated heterocycles. The van der Waals surface area contributed by atoms with Gasteiger partial charge in [0.2, 0.25) is 0 Å². The Balaban J connectivity index is 2.21. The van der Waals surface area contributed by atoms with E-state index in [-0.39, 0.29) is 0 Å². The van der Waals surface area contributed by atoms with Gasteiger partial charge < -0.3 is 0 Å². The lowest BCUT2D eigenvalue weighted by Crippen LogP contribution is -1.86. The van der Waals surface area contributed by atoms with Gasteiger partial charge in [0.05, 0.1) is 0 Å². The van der Waals surface area contributed by atoms with Crippen LogP contribution in [0.15, 0.2) is 64.4 Å². The molecule has 0 radical (unpaired) electrons. The highest BCUT2D eigenvalue weighted by Gasteiger charge is 2.02. The van der Waals surface area contributed by atoms with Gasteiger partial charge in [-0.1, -0.05) is 61.5 Å². The maximum absolute atomic E-state index is 2.23. The summed E-state index contributed by atoms with van der Waals surface area (Å²) in [6, 6.07) is 19.2. The number of rotatable bonds is 4. The topological polar surface area (TPSA) is 0 Å². The fourth-order valence-corrected chi connectivity index (χ4v) is 2.69. The highest BCUT2D eigenvalue weighted by atomic mass is 32.2. The van der Waals surface area contributed by atoms with Crippen LogP contribution >= 0.6 is 11.8 Å². The average Bonchev–Trinajstić information content (AvgIpc) is 2.33. The van der Waals surface area contributed by atoms with Crippen molar-refractivity contribution in [3.63, 3.8) is 0 Å². The summed E-state index contributed by atoms with van der Waals surface area (Å²) in [7, 11) is 0. The quantitative estimate of drug-likeness (QED) is 0.725. The van der Waals surface area contributed by atoms with Crippen LogP contribution in [0.3, 0.4) is 0 Å². The van der Waals surface area contributed by atoms with Crippen LogP contribution < -0.4 is 0 Å². The normalized spacial score (nSPS) is 10.3. The molecule has 0 saturated carbocycles. The summed E-state index contributed by atoms with van der Waals surface area (Å²) in [5.41, 5.74) is 1.46. The summed E-state index contributed by atoms with van der Waals surface area (Å²) in [6.07, 6.45) is 2.36. The van der Waals surface area contributed by atoms with Crippen LogP contribution in [0.5, 0.6) is 0 Å². The Morgan fingerprint density at radius 1 is 0.875 bits per heavy atom. The molecule has 0 fully saturated rings. The van der Waals surface area contributed by atoms with Crippen LogP contribution in [0.1, 0.15) is 18.9 Å². The van der Waals surface area contributed by atoms with Gasteiger partial charge in [0.25, 0.3) is 0 Å². The highest BCUT2D eigenvalue weighted by Crippen LogP contribution is 2.30. The van der Waals surface area contributed by atoms with E-state index in [1.165, 1.54) is 21.8 Å². The smallest absolute Gasteiger partial charge is 0.0154 e. The molecule has 2 rings (SSSR count). The lowest BCUT2D eigenvalue weighted by Gasteiger charge is -2.07. The summed E-state index contributed by atoms with van der Waals surface area (Å²) in [5.74, 6) is 0. The van der Waals surface area contributed by atoms with Gasteiger partial charge in [-0.05, 0) is 30.2 Å². The number of benzene rings is 2. The Labute approximate surface area is 102 Å². The molecule has 0 nitrogen and oxygen atoms in total. The molecule has 0 unspecified atom stereocenters. The molecule has 82 valence electrons. The van der Waals surface area contributed by atoms with Crippen LogP contribution in [0.4, 0.5) is 0 Å². The summed E-state index contributed by atoms with van der Waals surface area (Å²) in [6.45, 7) is 2.23. The van der Waals surface area contributed by atoms with Gasteiger partial charge in [0.1, 0.15) is 0 Å². The molecule has 1 heteroatoms. The minimum Gasteiger partial charge on any atom is -0.0898 e. The van der Waals surface area contributed by atoms with Crippen LogP contribution in [-0.4, -0.2) is 0 Å². The maximum atomic E-state index is 2.23. The van der Waals surface area contributed by atoms with Crippen LogP contribution in [-0.2, 0) is 6.42 Å². The standard InChI is InChI=1S/C15H16S/c1-2-8-13-9-6-7-12-15(13)16-14-10-4-3-5-11-14/h3-7,9-12H,2,8H2,1H3. The highest BCUT2D eigenvalue weighted by molar-refractivity contribution is 7.99.